The Hall–Kier alpha value is -2.74. The molecule has 0 atom stereocenters. The second-order valence-electron chi connectivity index (χ2n) is 6.78. The second-order valence-corrected chi connectivity index (χ2v) is 7.18. The number of hydrogen-bond donors (Lipinski definition) is 2. The zero-order valence-electron chi connectivity index (χ0n) is 14.6. The van der Waals surface area contributed by atoms with E-state index in [1.165, 1.54) is 18.2 Å². The molecule has 0 saturated heterocycles. The van der Waals surface area contributed by atoms with Gasteiger partial charge in [-0.1, -0.05) is 17.7 Å². The third kappa shape index (κ3) is 3.64. The highest BCUT2D eigenvalue weighted by Gasteiger charge is 2.36. The summed E-state index contributed by atoms with van der Waals surface area (Å²) in [6, 6.07) is 5.62. The fourth-order valence-electron chi connectivity index (χ4n) is 3.20. The molecule has 0 unspecified atom stereocenters. The summed E-state index contributed by atoms with van der Waals surface area (Å²) in [4.78, 5) is 22.4. The first-order valence-corrected chi connectivity index (χ1v) is 9.16. The highest BCUT2D eigenvalue weighted by Crippen LogP contribution is 2.31. The molecule has 9 heteroatoms. The number of nitrogens with one attached hydrogen (secondary N) is 1. The van der Waals surface area contributed by atoms with Gasteiger partial charge in [0.15, 0.2) is 5.65 Å². The zero-order chi connectivity index (χ0) is 19.8. The largest absolute Gasteiger partial charge is 0.481 e. The van der Waals surface area contributed by atoms with E-state index in [1.807, 2.05) is 0 Å². The molecule has 28 heavy (non-hydrogen) atoms. The van der Waals surface area contributed by atoms with Crippen LogP contribution in [0.15, 0.2) is 24.3 Å². The number of carboxylic acids is 1. The van der Waals surface area contributed by atoms with Crippen LogP contribution >= 0.6 is 11.6 Å². The highest BCUT2D eigenvalue weighted by molar-refractivity contribution is 6.31. The van der Waals surface area contributed by atoms with E-state index < -0.39 is 17.6 Å². The molecule has 4 rings (SSSR count). The number of aliphatic carboxylic acids is 1. The lowest BCUT2D eigenvalue weighted by molar-refractivity contribution is -0.148. The summed E-state index contributed by atoms with van der Waals surface area (Å²) < 4.78 is 33.2. The van der Waals surface area contributed by atoms with Crippen LogP contribution in [0.5, 0.6) is 6.01 Å². The molecule has 2 N–H and O–H groups in total. The minimum atomic E-state index is -0.825. The van der Waals surface area contributed by atoms with E-state index in [4.69, 9.17) is 21.4 Å². The van der Waals surface area contributed by atoms with E-state index in [-0.39, 0.29) is 36.4 Å². The first kappa shape index (κ1) is 18.6. The minimum absolute atomic E-state index is 0.00974. The summed E-state index contributed by atoms with van der Waals surface area (Å²) in [5, 5.41) is 9.26. The summed E-state index contributed by atoms with van der Waals surface area (Å²) in [7, 11) is 0. The Balaban J connectivity index is 1.48. The lowest BCUT2D eigenvalue weighted by Gasteiger charge is -2.31. The molecule has 1 saturated carbocycles. The summed E-state index contributed by atoms with van der Waals surface area (Å²) in [6.07, 6.45) is 1.02. The van der Waals surface area contributed by atoms with Crippen molar-refractivity contribution in [2.45, 2.75) is 31.8 Å². The van der Waals surface area contributed by atoms with Gasteiger partial charge in [0.1, 0.15) is 17.7 Å². The lowest BCUT2D eigenvalue weighted by atomic mass is 9.82. The Kier molecular flexibility index (Phi) is 4.89. The van der Waals surface area contributed by atoms with E-state index in [0.29, 0.717) is 34.7 Å². The van der Waals surface area contributed by atoms with Gasteiger partial charge >= 0.3 is 5.97 Å². The highest BCUT2D eigenvalue weighted by atomic mass is 35.5. The van der Waals surface area contributed by atoms with Crippen LogP contribution in [-0.2, 0) is 17.6 Å². The van der Waals surface area contributed by atoms with Gasteiger partial charge in [-0.2, -0.15) is 4.98 Å². The third-order valence-electron chi connectivity index (χ3n) is 4.87. The predicted molar refractivity (Wildman–Crippen MR) is 97.4 cm³/mol. The van der Waals surface area contributed by atoms with Crippen molar-refractivity contribution in [2.75, 3.05) is 0 Å². The second kappa shape index (κ2) is 7.35. The number of aromatic nitrogens is 3. The van der Waals surface area contributed by atoms with Crippen LogP contribution in [0.3, 0.4) is 0 Å². The number of pyridine rings is 1. The molecule has 0 aliphatic heterocycles. The van der Waals surface area contributed by atoms with Crippen molar-refractivity contribution >= 4 is 28.7 Å². The molecule has 146 valence electrons. The quantitative estimate of drug-likeness (QED) is 0.646. The number of H-pyrrole nitrogens is 1. The molecule has 1 aromatic carbocycles. The molecule has 1 aliphatic rings. The Labute approximate surface area is 163 Å². The molecule has 0 amide bonds. The average Bonchev–Trinajstić information content (AvgIpc) is 2.98. The summed E-state index contributed by atoms with van der Waals surface area (Å²) in [6.45, 7) is 0. The number of carboxylic acid groups (broad SMARTS) is 1. The van der Waals surface area contributed by atoms with Crippen molar-refractivity contribution < 1.29 is 23.4 Å². The van der Waals surface area contributed by atoms with Gasteiger partial charge in [0.25, 0.3) is 6.01 Å². The van der Waals surface area contributed by atoms with E-state index in [9.17, 15) is 13.6 Å². The number of rotatable bonds is 6. The van der Waals surface area contributed by atoms with E-state index >= 15 is 0 Å². The lowest BCUT2D eigenvalue weighted by Crippen LogP contribution is -2.38. The maximum atomic E-state index is 13.8. The van der Waals surface area contributed by atoms with Gasteiger partial charge in [-0.05, 0) is 43.9 Å². The maximum absolute atomic E-state index is 13.8. The van der Waals surface area contributed by atoms with Gasteiger partial charge in [0.2, 0.25) is 0 Å². The Morgan fingerprint density at radius 2 is 1.96 bits per heavy atom. The number of aryl methyl sites for hydroxylation is 1. The van der Waals surface area contributed by atoms with Crippen LogP contribution in [0.25, 0.3) is 11.2 Å². The van der Waals surface area contributed by atoms with Gasteiger partial charge in [0, 0.05) is 5.56 Å². The molecule has 2 aromatic heterocycles. The molecule has 3 aromatic rings. The number of benzene rings is 1. The number of fused-ring (bicyclic) bond motifs is 1. The van der Waals surface area contributed by atoms with Gasteiger partial charge in [-0.15, -0.1) is 0 Å². The Bertz CT molecular complexity index is 1030. The number of halogens is 3. The van der Waals surface area contributed by atoms with Crippen molar-refractivity contribution in [3.05, 3.63) is 52.2 Å². The van der Waals surface area contributed by atoms with Gasteiger partial charge in [-0.3, -0.25) is 4.79 Å². The van der Waals surface area contributed by atoms with Crippen molar-refractivity contribution in [1.82, 2.24) is 15.0 Å². The van der Waals surface area contributed by atoms with Crippen molar-refractivity contribution in [3.8, 4) is 6.01 Å². The minimum Gasteiger partial charge on any atom is -0.481 e. The number of aromatic amines is 1. The summed E-state index contributed by atoms with van der Waals surface area (Å²) in [5.41, 5.74) is 1.40. The number of ether oxygens (including phenoxy) is 1. The van der Waals surface area contributed by atoms with E-state index in [1.54, 1.807) is 6.07 Å². The number of carbonyl (C=O) groups is 1. The molecule has 1 fully saturated rings. The van der Waals surface area contributed by atoms with Crippen LogP contribution in [0.4, 0.5) is 8.78 Å². The fraction of sp³-hybridized carbons (Fsp3) is 0.316. The molecule has 2 heterocycles. The van der Waals surface area contributed by atoms with Crippen molar-refractivity contribution in [3.63, 3.8) is 0 Å². The van der Waals surface area contributed by atoms with E-state index in [0.717, 1.165) is 0 Å². The van der Waals surface area contributed by atoms with Gasteiger partial charge in [-0.25, -0.2) is 13.8 Å². The standard InChI is InChI=1S/C19H16ClF2N3O3/c20-12-8-16-17(25-19(24-16)28-10-6-9(7-10)18(26)27)23-15(12)5-4-11-13(21)2-1-3-14(11)22/h1-3,8-10H,4-7H2,(H,26,27)(H,23,24,25). The first-order chi connectivity index (χ1) is 13.4. The normalized spacial score (nSPS) is 18.8. The molecule has 0 spiro atoms. The zero-order valence-corrected chi connectivity index (χ0v) is 15.3. The third-order valence-corrected chi connectivity index (χ3v) is 5.20. The van der Waals surface area contributed by atoms with Crippen LogP contribution in [-0.4, -0.2) is 32.1 Å². The molecule has 6 nitrogen and oxygen atoms in total. The predicted octanol–water partition coefficient (Wildman–Crippen LogP) is 3.92. The van der Waals surface area contributed by atoms with Crippen LogP contribution in [0, 0.1) is 17.6 Å². The van der Waals surface area contributed by atoms with Crippen molar-refractivity contribution in [1.29, 1.82) is 0 Å². The Morgan fingerprint density at radius 1 is 1.25 bits per heavy atom. The molecule has 1 aliphatic carbocycles. The number of imidazole rings is 1. The van der Waals surface area contributed by atoms with Gasteiger partial charge < -0.3 is 14.8 Å². The average molecular weight is 408 g/mol. The smallest absolute Gasteiger partial charge is 0.306 e. The fourth-order valence-corrected chi connectivity index (χ4v) is 3.45. The molecule has 0 radical (unpaired) electrons. The first-order valence-electron chi connectivity index (χ1n) is 8.78. The Morgan fingerprint density at radius 3 is 2.64 bits per heavy atom. The van der Waals surface area contributed by atoms with Crippen LogP contribution in [0.1, 0.15) is 24.1 Å². The topological polar surface area (TPSA) is 88.1 Å². The number of hydrogen-bond acceptors (Lipinski definition) is 4. The molecular weight excluding hydrogens is 392 g/mol. The van der Waals surface area contributed by atoms with Gasteiger partial charge in [0.05, 0.1) is 22.2 Å². The summed E-state index contributed by atoms with van der Waals surface area (Å²) in [5.74, 6) is -2.41. The van der Waals surface area contributed by atoms with Crippen molar-refractivity contribution in [2.24, 2.45) is 5.92 Å². The monoisotopic (exact) mass is 407 g/mol. The van der Waals surface area contributed by atoms with Crippen LogP contribution in [0.2, 0.25) is 5.02 Å². The molecular formula is C19H16ClF2N3O3. The maximum Gasteiger partial charge on any atom is 0.306 e. The van der Waals surface area contributed by atoms with Crippen LogP contribution < -0.4 is 4.74 Å². The summed E-state index contributed by atoms with van der Waals surface area (Å²) >= 11 is 6.25. The number of nitrogens with zero attached hydrogens (tertiary/aromatic N) is 2. The SMILES string of the molecule is O=C(O)C1CC(Oc2nc3nc(CCc4c(F)cccc4F)c(Cl)cc3[nH]2)C1. The van der Waals surface area contributed by atoms with E-state index in [2.05, 4.69) is 15.0 Å². The molecule has 0 bridgehead atoms.